The maximum Gasteiger partial charge on any atom is 0.338 e. The van der Waals surface area contributed by atoms with Gasteiger partial charge in [0.15, 0.2) is 0 Å². The third-order valence-electron chi connectivity index (χ3n) is 3.82. The van der Waals surface area contributed by atoms with Gasteiger partial charge in [-0.1, -0.05) is 17.3 Å². The molecule has 0 radical (unpaired) electrons. The third-order valence-corrected chi connectivity index (χ3v) is 3.82. The molecule has 2 aliphatic rings. The molecule has 0 bridgehead atoms. The lowest BCUT2D eigenvalue weighted by atomic mass is 10.1. The fourth-order valence-electron chi connectivity index (χ4n) is 2.31. The molecule has 1 aromatic rings. The van der Waals surface area contributed by atoms with Crippen LogP contribution in [-0.2, 0) is 9.63 Å². The van der Waals surface area contributed by atoms with E-state index in [1.54, 1.807) is 0 Å². The molecule has 0 N–H and O–H groups in total. The van der Waals surface area contributed by atoms with E-state index >= 15 is 0 Å². The number of carbonyl (C=O) groups excluding carboxylic acids is 1. The average molecular weight is 261 g/mol. The van der Waals surface area contributed by atoms with Gasteiger partial charge in [-0.3, -0.25) is 0 Å². The van der Waals surface area contributed by atoms with Crippen LogP contribution in [0.3, 0.4) is 0 Å². The number of rotatable bonds is 4. The van der Waals surface area contributed by atoms with Crippen molar-refractivity contribution >= 4 is 11.7 Å². The summed E-state index contributed by atoms with van der Waals surface area (Å²) < 4.78 is 12.8. The lowest BCUT2D eigenvalue weighted by Crippen LogP contribution is -2.05. The monoisotopic (exact) mass is 261 g/mol. The van der Waals surface area contributed by atoms with Crippen LogP contribution < -0.4 is 0 Å². The Morgan fingerprint density at radius 2 is 2.00 bits per heavy atom. The average Bonchev–Trinajstić information content (AvgIpc) is 3.28. The van der Waals surface area contributed by atoms with E-state index in [-0.39, 0.29) is 17.7 Å². The van der Waals surface area contributed by atoms with E-state index in [0.717, 1.165) is 30.5 Å². The van der Waals surface area contributed by atoms with Crippen LogP contribution in [0.1, 0.15) is 37.7 Å². The number of hydrogen-bond acceptors (Lipinski definition) is 3. The lowest BCUT2D eigenvalue weighted by Gasteiger charge is -2.01. The van der Waals surface area contributed by atoms with Crippen LogP contribution in [0, 0.1) is 17.7 Å². The molecule has 0 amide bonds. The first kappa shape index (κ1) is 12.3. The molecule has 2 fully saturated rings. The molecule has 0 saturated heterocycles. The van der Waals surface area contributed by atoms with Crippen LogP contribution >= 0.6 is 0 Å². The summed E-state index contributed by atoms with van der Waals surface area (Å²) in [6.07, 6.45) is 2.84. The molecule has 19 heavy (non-hydrogen) atoms. The minimum Gasteiger partial charge on any atom is -0.318 e. The van der Waals surface area contributed by atoms with Crippen LogP contribution in [0.5, 0.6) is 0 Å². The van der Waals surface area contributed by atoms with Gasteiger partial charge in [-0.25, -0.2) is 9.18 Å². The summed E-state index contributed by atoms with van der Waals surface area (Å²) in [6.45, 7) is 1.88. The summed E-state index contributed by atoms with van der Waals surface area (Å²) in [4.78, 5) is 16.3. The van der Waals surface area contributed by atoms with Crippen molar-refractivity contribution in [1.29, 1.82) is 0 Å². The van der Waals surface area contributed by atoms with E-state index in [9.17, 15) is 9.18 Å². The Labute approximate surface area is 111 Å². The Bertz CT molecular complexity index is 519. The molecule has 0 aliphatic heterocycles. The van der Waals surface area contributed by atoms with Gasteiger partial charge in [0.1, 0.15) is 5.82 Å². The first-order valence-corrected chi connectivity index (χ1v) is 6.66. The van der Waals surface area contributed by atoms with Crippen LogP contribution in [0.25, 0.3) is 0 Å². The summed E-state index contributed by atoms with van der Waals surface area (Å²) in [5, 5.41) is 3.93. The molecular weight excluding hydrogens is 245 g/mol. The highest BCUT2D eigenvalue weighted by Gasteiger charge is 2.41. The van der Waals surface area contributed by atoms with E-state index < -0.39 is 0 Å². The second-order valence-corrected chi connectivity index (χ2v) is 5.42. The summed E-state index contributed by atoms with van der Waals surface area (Å²) in [7, 11) is 0. The molecule has 2 aliphatic carbocycles. The second kappa shape index (κ2) is 4.76. The van der Waals surface area contributed by atoms with Crippen molar-refractivity contribution in [2.75, 3.05) is 0 Å². The van der Waals surface area contributed by atoms with Crippen LogP contribution in [-0.4, -0.2) is 11.7 Å². The minimum atomic E-state index is -0.218. The predicted octanol–water partition coefficient (Wildman–Crippen LogP) is 3.26. The van der Waals surface area contributed by atoms with Gasteiger partial charge in [0, 0.05) is 5.92 Å². The van der Waals surface area contributed by atoms with Crippen LogP contribution in [0.4, 0.5) is 4.39 Å². The minimum absolute atomic E-state index is 0.0728. The first-order chi connectivity index (χ1) is 9.15. The highest BCUT2D eigenvalue weighted by atomic mass is 19.1. The summed E-state index contributed by atoms with van der Waals surface area (Å²) in [5.41, 5.74) is 1.97. The molecule has 0 heterocycles. The lowest BCUT2D eigenvalue weighted by molar-refractivity contribution is -0.145. The fourth-order valence-corrected chi connectivity index (χ4v) is 2.31. The quantitative estimate of drug-likeness (QED) is 0.474. The standard InChI is InChI=1S/C15H16FNO2/c1-9(17-19-15(18)11-2-3-11)13-8-14(13)10-4-6-12(16)7-5-10/h4-7,11,13-14H,2-3,8H2,1H3/b17-9-/t13-,14+/m1/s1. The Morgan fingerprint density at radius 1 is 1.32 bits per heavy atom. The van der Waals surface area contributed by atoms with Gasteiger partial charge in [0.05, 0.1) is 11.6 Å². The fraction of sp³-hybridized carbons (Fsp3) is 0.467. The van der Waals surface area contributed by atoms with Crippen molar-refractivity contribution in [3.8, 4) is 0 Å². The van der Waals surface area contributed by atoms with E-state index in [4.69, 9.17) is 4.84 Å². The zero-order chi connectivity index (χ0) is 13.4. The largest absolute Gasteiger partial charge is 0.338 e. The predicted molar refractivity (Wildman–Crippen MR) is 69.2 cm³/mol. The zero-order valence-electron chi connectivity index (χ0n) is 10.8. The van der Waals surface area contributed by atoms with E-state index in [1.165, 1.54) is 12.1 Å². The summed E-state index contributed by atoms with van der Waals surface area (Å²) >= 11 is 0. The molecule has 1 aromatic carbocycles. The number of halogens is 1. The molecule has 0 spiro atoms. The second-order valence-electron chi connectivity index (χ2n) is 5.42. The van der Waals surface area contributed by atoms with Crippen LogP contribution in [0.15, 0.2) is 29.4 Å². The normalized spacial score (nSPS) is 26.1. The molecule has 2 saturated carbocycles. The molecule has 0 aromatic heterocycles. The highest BCUT2D eigenvalue weighted by Crippen LogP contribution is 2.48. The van der Waals surface area contributed by atoms with Gasteiger partial charge in [-0.15, -0.1) is 0 Å². The smallest absolute Gasteiger partial charge is 0.318 e. The van der Waals surface area contributed by atoms with Gasteiger partial charge in [-0.2, -0.15) is 0 Å². The van der Waals surface area contributed by atoms with Gasteiger partial charge in [0.2, 0.25) is 0 Å². The molecule has 3 nitrogen and oxygen atoms in total. The van der Waals surface area contributed by atoms with E-state index in [2.05, 4.69) is 5.16 Å². The van der Waals surface area contributed by atoms with Crippen LogP contribution in [0.2, 0.25) is 0 Å². The summed E-state index contributed by atoms with van der Waals surface area (Å²) in [5.74, 6) is 0.341. The zero-order valence-corrected chi connectivity index (χ0v) is 10.8. The van der Waals surface area contributed by atoms with Gasteiger partial charge < -0.3 is 4.84 Å². The van der Waals surface area contributed by atoms with Crippen molar-refractivity contribution < 1.29 is 14.0 Å². The van der Waals surface area contributed by atoms with Crippen molar-refractivity contribution in [1.82, 2.24) is 0 Å². The van der Waals surface area contributed by atoms with Crippen molar-refractivity contribution in [2.45, 2.75) is 32.1 Å². The van der Waals surface area contributed by atoms with E-state index in [0.29, 0.717) is 11.8 Å². The molecule has 0 unspecified atom stereocenters. The van der Waals surface area contributed by atoms with Crippen molar-refractivity contribution in [3.05, 3.63) is 35.6 Å². The van der Waals surface area contributed by atoms with Gasteiger partial charge >= 0.3 is 5.97 Å². The summed E-state index contributed by atoms with van der Waals surface area (Å²) in [6, 6.07) is 6.57. The van der Waals surface area contributed by atoms with Crippen molar-refractivity contribution in [3.63, 3.8) is 0 Å². The number of carbonyl (C=O) groups is 1. The van der Waals surface area contributed by atoms with Gasteiger partial charge in [-0.05, 0) is 49.8 Å². The Balaban J connectivity index is 1.57. The Hall–Kier alpha value is -1.71. The topological polar surface area (TPSA) is 38.7 Å². The SMILES string of the molecule is C/C(=N/OC(=O)C1CC1)[C@H]1C[C@H]1c1ccc(F)cc1. The molecular formula is C15H16FNO2. The maximum absolute atomic E-state index is 12.8. The number of hydrogen-bond donors (Lipinski definition) is 0. The number of oxime groups is 1. The Kier molecular flexibility index (Phi) is 3.09. The van der Waals surface area contributed by atoms with Crippen molar-refractivity contribution in [2.24, 2.45) is 17.0 Å². The highest BCUT2D eigenvalue weighted by molar-refractivity contribution is 5.88. The van der Waals surface area contributed by atoms with E-state index in [1.807, 2.05) is 19.1 Å². The first-order valence-electron chi connectivity index (χ1n) is 6.66. The molecule has 100 valence electrons. The molecule has 3 rings (SSSR count). The maximum atomic E-state index is 12.8. The number of benzene rings is 1. The molecule has 4 heteroatoms. The third kappa shape index (κ3) is 2.83. The Morgan fingerprint density at radius 3 is 2.63 bits per heavy atom. The van der Waals surface area contributed by atoms with Gasteiger partial charge in [0.25, 0.3) is 0 Å². The molecule has 2 atom stereocenters. The number of nitrogens with zero attached hydrogens (tertiary/aromatic N) is 1.